The molecule has 2 aromatic carbocycles. The molecule has 2 N–H and O–H groups in total. The third kappa shape index (κ3) is 4.72. The number of aryl methyl sites for hydroxylation is 1. The largest absolute Gasteiger partial charge is 0.489 e. The quantitative estimate of drug-likeness (QED) is 0.328. The highest BCUT2D eigenvalue weighted by molar-refractivity contribution is 7.98. The van der Waals surface area contributed by atoms with Gasteiger partial charge in [-0.2, -0.15) is 0 Å². The van der Waals surface area contributed by atoms with Crippen molar-refractivity contribution in [2.45, 2.75) is 30.2 Å². The topological polar surface area (TPSA) is 84.1 Å². The molecule has 1 aliphatic heterocycles. The van der Waals surface area contributed by atoms with Gasteiger partial charge < -0.3 is 15.0 Å². The van der Waals surface area contributed by atoms with E-state index in [-0.39, 0.29) is 17.9 Å². The third-order valence-corrected chi connectivity index (χ3v) is 6.02. The molecular weight excluding hydrogens is 410 g/mol. The molecule has 0 fully saturated rings. The van der Waals surface area contributed by atoms with Crippen molar-refractivity contribution >= 4 is 23.5 Å². The number of nitrogens with zero attached hydrogens (tertiary/aromatic N) is 1. The molecule has 4 rings (SSSR count). The molecule has 1 aromatic heterocycles. The fourth-order valence-electron chi connectivity index (χ4n) is 3.57. The van der Waals surface area contributed by atoms with E-state index in [1.54, 1.807) is 6.08 Å². The number of amides is 1. The number of benzene rings is 2. The smallest absolute Gasteiger partial charge is 0.257 e. The maximum Gasteiger partial charge on any atom is 0.257 e. The predicted molar refractivity (Wildman–Crippen MR) is 123 cm³/mol. The van der Waals surface area contributed by atoms with E-state index in [0.29, 0.717) is 34.6 Å². The van der Waals surface area contributed by atoms with Crippen LogP contribution in [0.3, 0.4) is 0 Å². The predicted octanol–water partition coefficient (Wildman–Crippen LogP) is 4.41. The second-order valence-electron chi connectivity index (χ2n) is 7.35. The Hall–Kier alpha value is -3.32. The summed E-state index contributed by atoms with van der Waals surface area (Å²) in [6, 6.07) is 15.6. The van der Waals surface area contributed by atoms with Gasteiger partial charge in [-0.25, -0.2) is 4.98 Å². The van der Waals surface area contributed by atoms with E-state index >= 15 is 0 Å². The van der Waals surface area contributed by atoms with E-state index in [2.05, 4.69) is 46.1 Å². The monoisotopic (exact) mass is 433 g/mol. The minimum Gasteiger partial charge on any atom is -0.489 e. The van der Waals surface area contributed by atoms with Gasteiger partial charge in [0.25, 0.3) is 5.56 Å². The summed E-state index contributed by atoms with van der Waals surface area (Å²) in [5.41, 5.74) is 3.31. The number of aromatic amines is 1. The standard InChI is InChI=1S/C24H23N3O3S/c1-3-12-30-19-7-5-4-6-17(19)18-13-20(28)25-22-21(18)23(29)27-24(26-22)31-14-16-10-8-15(2)9-11-16/h3-11,18H,1,12-14H2,2H3,(H2,25,26,27,28,29)/t18-/m0/s1. The molecule has 2 heterocycles. The SMILES string of the molecule is C=CCOc1ccccc1[C@@H]1CC(=O)Nc2nc(SCc3ccc(C)cc3)[nH]c(=O)c21. The first-order valence-electron chi connectivity index (χ1n) is 10.00. The average molecular weight is 434 g/mol. The number of thioether (sulfide) groups is 1. The number of rotatable bonds is 7. The fourth-order valence-corrected chi connectivity index (χ4v) is 4.39. The Morgan fingerprint density at radius 1 is 1.19 bits per heavy atom. The summed E-state index contributed by atoms with van der Waals surface area (Å²) in [4.78, 5) is 32.9. The van der Waals surface area contributed by atoms with Gasteiger partial charge in [0.1, 0.15) is 18.2 Å². The van der Waals surface area contributed by atoms with Gasteiger partial charge >= 0.3 is 0 Å². The number of aromatic nitrogens is 2. The van der Waals surface area contributed by atoms with Crippen molar-refractivity contribution < 1.29 is 9.53 Å². The number of anilines is 1. The van der Waals surface area contributed by atoms with Gasteiger partial charge in [0.15, 0.2) is 5.16 Å². The van der Waals surface area contributed by atoms with Crippen LogP contribution in [0.5, 0.6) is 5.75 Å². The highest BCUT2D eigenvalue weighted by Crippen LogP contribution is 2.38. The van der Waals surface area contributed by atoms with Crippen molar-refractivity contribution in [2.24, 2.45) is 0 Å². The third-order valence-electron chi connectivity index (χ3n) is 5.08. The Balaban J connectivity index is 1.65. The van der Waals surface area contributed by atoms with Crippen LogP contribution in [0.1, 0.15) is 34.6 Å². The van der Waals surface area contributed by atoms with Gasteiger partial charge in [0.05, 0.1) is 5.56 Å². The van der Waals surface area contributed by atoms with Crippen LogP contribution in [0.25, 0.3) is 0 Å². The molecule has 0 unspecified atom stereocenters. The molecule has 7 heteroatoms. The summed E-state index contributed by atoms with van der Waals surface area (Å²) in [5.74, 6) is 0.999. The van der Waals surface area contributed by atoms with E-state index in [4.69, 9.17) is 4.74 Å². The summed E-state index contributed by atoms with van der Waals surface area (Å²) >= 11 is 1.43. The molecule has 158 valence electrons. The summed E-state index contributed by atoms with van der Waals surface area (Å²) in [5, 5.41) is 3.24. The molecule has 1 amide bonds. The second-order valence-corrected chi connectivity index (χ2v) is 8.31. The molecule has 0 saturated heterocycles. The highest BCUT2D eigenvalue weighted by atomic mass is 32.2. The lowest BCUT2D eigenvalue weighted by Crippen LogP contribution is -2.31. The number of ether oxygens (including phenoxy) is 1. The molecule has 0 radical (unpaired) electrons. The van der Waals surface area contributed by atoms with E-state index in [1.165, 1.54) is 17.3 Å². The Morgan fingerprint density at radius 3 is 2.74 bits per heavy atom. The highest BCUT2D eigenvalue weighted by Gasteiger charge is 2.32. The number of carbonyl (C=O) groups excluding carboxylic acids is 1. The Bertz CT molecular complexity index is 1170. The Labute approximate surface area is 184 Å². The van der Waals surface area contributed by atoms with Crippen LogP contribution in [0.2, 0.25) is 0 Å². The molecule has 0 spiro atoms. The van der Waals surface area contributed by atoms with Crippen LogP contribution in [0.15, 0.2) is 71.1 Å². The first-order chi connectivity index (χ1) is 15.0. The number of fused-ring (bicyclic) bond motifs is 1. The van der Waals surface area contributed by atoms with Gasteiger partial charge in [-0.05, 0) is 18.6 Å². The van der Waals surface area contributed by atoms with E-state index in [0.717, 1.165) is 11.1 Å². The van der Waals surface area contributed by atoms with Gasteiger partial charge in [-0.3, -0.25) is 9.59 Å². The van der Waals surface area contributed by atoms with Gasteiger partial charge in [-0.15, -0.1) is 0 Å². The lowest BCUT2D eigenvalue weighted by molar-refractivity contribution is -0.116. The molecule has 31 heavy (non-hydrogen) atoms. The maximum absolute atomic E-state index is 13.0. The van der Waals surface area contributed by atoms with Crippen molar-refractivity contribution in [2.75, 3.05) is 11.9 Å². The number of H-pyrrole nitrogens is 1. The summed E-state index contributed by atoms with van der Waals surface area (Å²) < 4.78 is 5.76. The van der Waals surface area contributed by atoms with E-state index in [9.17, 15) is 9.59 Å². The zero-order valence-corrected chi connectivity index (χ0v) is 18.0. The Morgan fingerprint density at radius 2 is 1.97 bits per heavy atom. The van der Waals surface area contributed by atoms with Crippen LogP contribution in [-0.2, 0) is 10.5 Å². The molecule has 3 aromatic rings. The first-order valence-corrected chi connectivity index (χ1v) is 11.0. The van der Waals surface area contributed by atoms with Crippen molar-refractivity contribution in [1.82, 2.24) is 9.97 Å². The molecule has 1 atom stereocenters. The van der Waals surface area contributed by atoms with Gasteiger partial charge in [-0.1, -0.05) is 72.4 Å². The van der Waals surface area contributed by atoms with Crippen molar-refractivity contribution in [3.8, 4) is 5.75 Å². The lowest BCUT2D eigenvalue weighted by Gasteiger charge is -2.26. The van der Waals surface area contributed by atoms with Crippen molar-refractivity contribution in [1.29, 1.82) is 0 Å². The number of para-hydroxylation sites is 1. The fraction of sp³-hybridized carbons (Fsp3) is 0.208. The zero-order chi connectivity index (χ0) is 21.8. The number of nitrogens with one attached hydrogen (secondary N) is 2. The normalized spacial score (nSPS) is 15.1. The average Bonchev–Trinajstić information content (AvgIpc) is 2.76. The molecule has 0 saturated carbocycles. The van der Waals surface area contributed by atoms with Gasteiger partial charge in [0.2, 0.25) is 5.91 Å². The maximum atomic E-state index is 13.0. The van der Waals surface area contributed by atoms with Gasteiger partial charge in [0, 0.05) is 23.7 Å². The first kappa shape index (κ1) is 20.9. The van der Waals surface area contributed by atoms with Crippen molar-refractivity contribution in [3.63, 3.8) is 0 Å². The summed E-state index contributed by atoms with van der Waals surface area (Å²) in [6.07, 6.45) is 1.81. The zero-order valence-electron chi connectivity index (χ0n) is 17.2. The summed E-state index contributed by atoms with van der Waals surface area (Å²) in [6.45, 7) is 6.06. The molecule has 0 bridgehead atoms. The molecule has 1 aliphatic rings. The number of carbonyl (C=O) groups is 1. The van der Waals surface area contributed by atoms with Crippen molar-refractivity contribution in [3.05, 3.63) is 93.8 Å². The van der Waals surface area contributed by atoms with E-state index in [1.807, 2.05) is 31.2 Å². The second kappa shape index (κ2) is 9.22. The lowest BCUT2D eigenvalue weighted by atomic mass is 9.86. The van der Waals surface area contributed by atoms with Crippen LogP contribution < -0.4 is 15.6 Å². The molecule has 6 nitrogen and oxygen atoms in total. The van der Waals surface area contributed by atoms with Crippen LogP contribution in [0, 0.1) is 6.92 Å². The van der Waals surface area contributed by atoms with Crippen LogP contribution >= 0.6 is 11.8 Å². The van der Waals surface area contributed by atoms with Crippen LogP contribution in [-0.4, -0.2) is 22.5 Å². The number of hydrogen-bond acceptors (Lipinski definition) is 5. The minimum absolute atomic E-state index is 0.155. The van der Waals surface area contributed by atoms with E-state index < -0.39 is 5.92 Å². The Kier molecular flexibility index (Phi) is 6.23. The summed E-state index contributed by atoms with van der Waals surface area (Å²) in [7, 11) is 0. The van der Waals surface area contributed by atoms with Crippen LogP contribution in [0.4, 0.5) is 5.82 Å². The number of hydrogen-bond donors (Lipinski definition) is 2. The minimum atomic E-state index is -0.433. The molecular formula is C24H23N3O3S. The molecule has 0 aliphatic carbocycles.